The second kappa shape index (κ2) is 8.26. The quantitative estimate of drug-likeness (QED) is 0.559. The lowest BCUT2D eigenvalue weighted by molar-refractivity contribution is -0.121. The average molecular weight is 421 g/mol. The van der Waals surface area contributed by atoms with Crippen molar-refractivity contribution < 1.29 is 4.79 Å². The molecular weight excluding hydrogens is 392 g/mol. The number of nitriles is 1. The molecule has 2 unspecified atom stereocenters. The molecule has 0 bridgehead atoms. The van der Waals surface area contributed by atoms with Crippen LogP contribution < -0.4 is 10.9 Å². The summed E-state index contributed by atoms with van der Waals surface area (Å²) >= 11 is 2.75. The van der Waals surface area contributed by atoms with Crippen LogP contribution in [0, 0.1) is 31.1 Å². The molecule has 6 nitrogen and oxygen atoms in total. The highest BCUT2D eigenvalue weighted by atomic mass is 32.2. The minimum atomic E-state index is -0.941. The Hall–Kier alpha value is -1.85. The van der Waals surface area contributed by atoms with E-state index in [0.29, 0.717) is 15.4 Å². The molecule has 28 heavy (non-hydrogen) atoms. The van der Waals surface area contributed by atoms with E-state index in [2.05, 4.69) is 11.4 Å². The van der Waals surface area contributed by atoms with Gasteiger partial charge in [0.2, 0.25) is 5.91 Å². The van der Waals surface area contributed by atoms with Crippen LogP contribution in [0.3, 0.4) is 0 Å². The van der Waals surface area contributed by atoms with Crippen molar-refractivity contribution in [1.82, 2.24) is 14.9 Å². The van der Waals surface area contributed by atoms with Gasteiger partial charge in [-0.05, 0) is 53.0 Å². The number of fused-ring (bicyclic) bond motifs is 1. The number of nitrogens with zero attached hydrogens (tertiary/aromatic N) is 3. The largest absolute Gasteiger partial charge is 0.337 e. The fourth-order valence-corrected chi connectivity index (χ4v) is 4.81. The van der Waals surface area contributed by atoms with E-state index >= 15 is 0 Å². The highest BCUT2D eigenvalue weighted by Gasteiger charge is 2.32. The third-order valence-electron chi connectivity index (χ3n) is 5.14. The third kappa shape index (κ3) is 4.11. The molecule has 0 saturated carbocycles. The number of hydrogen-bond donors (Lipinski definition) is 1. The van der Waals surface area contributed by atoms with E-state index in [1.54, 1.807) is 18.4 Å². The maximum Gasteiger partial charge on any atom is 0.263 e. The first-order valence-electron chi connectivity index (χ1n) is 9.35. The van der Waals surface area contributed by atoms with Gasteiger partial charge < -0.3 is 5.32 Å². The molecule has 0 aliphatic carbocycles. The third-order valence-corrected chi connectivity index (χ3v) is 7.31. The Morgan fingerprint density at radius 3 is 2.39 bits per heavy atom. The van der Waals surface area contributed by atoms with Crippen LogP contribution >= 0.6 is 23.1 Å². The van der Waals surface area contributed by atoms with Gasteiger partial charge in [-0.3, -0.25) is 14.2 Å². The van der Waals surface area contributed by atoms with Gasteiger partial charge in [-0.15, -0.1) is 11.3 Å². The molecule has 0 fully saturated rings. The van der Waals surface area contributed by atoms with Crippen molar-refractivity contribution in [3.8, 4) is 6.07 Å². The molecule has 2 rings (SSSR count). The molecule has 152 valence electrons. The van der Waals surface area contributed by atoms with Crippen molar-refractivity contribution >= 4 is 39.2 Å². The number of carbonyl (C=O) groups excluding carboxylic acids is 1. The molecule has 2 aromatic heterocycles. The van der Waals surface area contributed by atoms with E-state index in [4.69, 9.17) is 4.98 Å². The van der Waals surface area contributed by atoms with Gasteiger partial charge in [-0.1, -0.05) is 25.6 Å². The Morgan fingerprint density at radius 2 is 1.89 bits per heavy atom. The Labute approximate surface area is 174 Å². The van der Waals surface area contributed by atoms with Crippen LogP contribution in [0.2, 0.25) is 0 Å². The number of thioether (sulfide) groups is 1. The van der Waals surface area contributed by atoms with Gasteiger partial charge in [0.15, 0.2) is 5.16 Å². The second-order valence-electron chi connectivity index (χ2n) is 7.84. The maximum atomic E-state index is 13.1. The van der Waals surface area contributed by atoms with Crippen LogP contribution in [0.1, 0.15) is 58.0 Å². The molecule has 0 saturated heterocycles. The Morgan fingerprint density at radius 1 is 1.29 bits per heavy atom. The fraction of sp³-hybridized carbons (Fsp3) is 0.600. The van der Waals surface area contributed by atoms with E-state index in [1.165, 1.54) is 23.1 Å². The Bertz CT molecular complexity index is 1000. The first kappa shape index (κ1) is 22.4. The van der Waals surface area contributed by atoms with Crippen LogP contribution in [-0.2, 0) is 4.79 Å². The predicted molar refractivity (Wildman–Crippen MR) is 116 cm³/mol. The Balaban J connectivity index is 2.43. The fourth-order valence-electron chi connectivity index (χ4n) is 2.70. The van der Waals surface area contributed by atoms with E-state index in [0.717, 1.165) is 10.4 Å². The molecule has 2 atom stereocenters. The van der Waals surface area contributed by atoms with Gasteiger partial charge >= 0.3 is 0 Å². The van der Waals surface area contributed by atoms with Crippen LogP contribution in [0.25, 0.3) is 10.2 Å². The number of aromatic nitrogens is 2. The number of carbonyl (C=O) groups is 1. The van der Waals surface area contributed by atoms with E-state index in [-0.39, 0.29) is 23.4 Å². The highest BCUT2D eigenvalue weighted by Crippen LogP contribution is 2.31. The van der Waals surface area contributed by atoms with Gasteiger partial charge in [0.1, 0.15) is 10.4 Å². The molecule has 8 heteroatoms. The predicted octanol–water partition coefficient (Wildman–Crippen LogP) is 4.19. The summed E-state index contributed by atoms with van der Waals surface area (Å²) in [6.45, 7) is 15.1. The standard InChI is InChI=1S/C20H28N4O2S2/c1-10(2)20(8,9-21)23-16(25)14(7)28-19-22-17-15(12(5)13(6)27-17)18(26)24(19)11(3)4/h10-11,14H,1-8H3,(H,23,25). The normalized spacial score (nSPS) is 14.9. The lowest BCUT2D eigenvalue weighted by atomic mass is 9.90. The number of rotatable bonds is 6. The summed E-state index contributed by atoms with van der Waals surface area (Å²) in [5.74, 6) is -0.273. The van der Waals surface area contributed by atoms with Crippen molar-refractivity contribution in [2.24, 2.45) is 5.92 Å². The summed E-state index contributed by atoms with van der Waals surface area (Å²) < 4.78 is 1.65. The zero-order chi connectivity index (χ0) is 21.4. The second-order valence-corrected chi connectivity index (χ2v) is 10.4. The SMILES string of the molecule is Cc1sc2nc(SC(C)C(=O)NC(C)(C#N)C(C)C)n(C(C)C)c(=O)c2c1C. The van der Waals surface area contributed by atoms with E-state index in [9.17, 15) is 14.9 Å². The van der Waals surface area contributed by atoms with Gasteiger partial charge in [0.05, 0.1) is 16.7 Å². The number of nitrogens with one attached hydrogen (secondary N) is 1. The van der Waals surface area contributed by atoms with Crippen molar-refractivity contribution in [2.75, 3.05) is 0 Å². The minimum absolute atomic E-state index is 0.0287. The molecule has 0 aliphatic rings. The molecular formula is C20H28N4O2S2. The zero-order valence-electron chi connectivity index (χ0n) is 17.7. The lowest BCUT2D eigenvalue weighted by Gasteiger charge is -2.28. The summed E-state index contributed by atoms with van der Waals surface area (Å²) in [4.78, 5) is 32.3. The summed E-state index contributed by atoms with van der Waals surface area (Å²) in [6.07, 6.45) is 0. The number of thiophene rings is 1. The minimum Gasteiger partial charge on any atom is -0.337 e. The molecule has 0 spiro atoms. The first-order valence-corrected chi connectivity index (χ1v) is 11.0. The van der Waals surface area contributed by atoms with Crippen molar-refractivity contribution in [2.45, 2.75) is 77.4 Å². The summed E-state index contributed by atoms with van der Waals surface area (Å²) in [5, 5.41) is 13.0. The average Bonchev–Trinajstić information content (AvgIpc) is 2.88. The van der Waals surface area contributed by atoms with E-state index in [1.807, 2.05) is 41.5 Å². The van der Waals surface area contributed by atoms with Crippen molar-refractivity contribution in [1.29, 1.82) is 5.26 Å². The number of hydrogen-bond acceptors (Lipinski definition) is 6. The van der Waals surface area contributed by atoms with Crippen LogP contribution in [0.15, 0.2) is 9.95 Å². The summed E-state index contributed by atoms with van der Waals surface area (Å²) in [6, 6.07) is 2.11. The maximum absolute atomic E-state index is 13.1. The Kier molecular flexibility index (Phi) is 6.62. The highest BCUT2D eigenvalue weighted by molar-refractivity contribution is 8.00. The van der Waals surface area contributed by atoms with Crippen molar-refractivity contribution in [3.63, 3.8) is 0 Å². The van der Waals surface area contributed by atoms with Crippen LogP contribution in [-0.4, -0.2) is 26.2 Å². The molecule has 0 aromatic carbocycles. The summed E-state index contributed by atoms with van der Waals surface area (Å²) in [5.41, 5.74) is -0.0415. The summed E-state index contributed by atoms with van der Waals surface area (Å²) in [7, 11) is 0. The van der Waals surface area contributed by atoms with Crippen LogP contribution in [0.5, 0.6) is 0 Å². The molecule has 1 amide bonds. The monoisotopic (exact) mass is 420 g/mol. The van der Waals surface area contributed by atoms with Crippen molar-refractivity contribution in [3.05, 3.63) is 20.8 Å². The lowest BCUT2D eigenvalue weighted by Crippen LogP contribution is -2.51. The molecule has 1 N–H and O–H groups in total. The number of amides is 1. The van der Waals surface area contributed by atoms with Gasteiger partial charge in [-0.25, -0.2) is 4.98 Å². The molecule has 0 radical (unpaired) electrons. The molecule has 2 aromatic rings. The van der Waals surface area contributed by atoms with Gasteiger partial charge in [0, 0.05) is 10.9 Å². The molecule has 2 heterocycles. The van der Waals surface area contributed by atoms with E-state index < -0.39 is 10.8 Å². The first-order chi connectivity index (χ1) is 12.9. The smallest absolute Gasteiger partial charge is 0.263 e. The topological polar surface area (TPSA) is 87.8 Å². The van der Waals surface area contributed by atoms with Gasteiger partial charge in [-0.2, -0.15) is 5.26 Å². The van der Waals surface area contributed by atoms with Crippen LogP contribution in [0.4, 0.5) is 0 Å². The molecule has 0 aliphatic heterocycles. The number of aryl methyl sites for hydroxylation is 2. The zero-order valence-corrected chi connectivity index (χ0v) is 19.3. The van der Waals surface area contributed by atoms with Gasteiger partial charge in [0.25, 0.3) is 5.56 Å².